The van der Waals surface area contributed by atoms with Crippen molar-refractivity contribution in [1.29, 1.82) is 0 Å². The third-order valence-electron chi connectivity index (χ3n) is 2.33. The molecular weight excluding hydrogens is 198 g/mol. The van der Waals surface area contributed by atoms with Crippen molar-refractivity contribution in [2.24, 2.45) is 0 Å². The summed E-state index contributed by atoms with van der Waals surface area (Å²) in [6, 6.07) is 0. The number of hydrogen-bond acceptors (Lipinski definition) is 4. The first-order valence-electron chi connectivity index (χ1n) is 4.87. The van der Waals surface area contributed by atoms with Gasteiger partial charge in [-0.25, -0.2) is 4.98 Å². The van der Waals surface area contributed by atoms with Gasteiger partial charge in [-0.1, -0.05) is 0 Å². The maximum atomic E-state index is 9.77. The van der Waals surface area contributed by atoms with E-state index in [2.05, 4.69) is 4.98 Å². The lowest BCUT2D eigenvalue weighted by molar-refractivity contribution is 0.0823. The predicted octanol–water partition coefficient (Wildman–Crippen LogP) is 2.22. The number of rotatable bonds is 2. The lowest BCUT2D eigenvalue weighted by atomic mass is 10.1. The fraction of sp³-hybridized carbons (Fsp3) is 0.700. The summed E-state index contributed by atoms with van der Waals surface area (Å²) in [7, 11) is 0. The fourth-order valence-electron chi connectivity index (χ4n) is 1.49. The van der Waals surface area contributed by atoms with Gasteiger partial charge in [0.1, 0.15) is 11.1 Å². The van der Waals surface area contributed by atoms with E-state index in [1.54, 1.807) is 31.4 Å². The molecule has 1 atom stereocenters. The lowest BCUT2D eigenvalue weighted by Gasteiger charge is -2.13. The van der Waals surface area contributed by atoms with E-state index in [9.17, 15) is 5.11 Å². The van der Waals surface area contributed by atoms with Crippen LogP contribution in [0.1, 0.15) is 42.7 Å². The average molecular weight is 213 g/mol. The highest BCUT2D eigenvalue weighted by atomic mass is 32.1. The van der Waals surface area contributed by atoms with Crippen LogP contribution in [0.2, 0.25) is 0 Å². The van der Waals surface area contributed by atoms with Crippen molar-refractivity contribution >= 4 is 11.3 Å². The van der Waals surface area contributed by atoms with E-state index in [4.69, 9.17) is 4.74 Å². The Bertz CT molecular complexity index is 310. The second kappa shape index (κ2) is 3.61. The van der Waals surface area contributed by atoms with Crippen molar-refractivity contribution in [2.75, 3.05) is 6.61 Å². The molecule has 1 aliphatic rings. The summed E-state index contributed by atoms with van der Waals surface area (Å²) < 4.78 is 5.53. The second-order valence-corrected chi connectivity index (χ2v) is 5.19. The van der Waals surface area contributed by atoms with Crippen molar-refractivity contribution in [3.05, 3.63) is 16.1 Å². The second-order valence-electron chi connectivity index (χ2n) is 4.12. The van der Waals surface area contributed by atoms with Gasteiger partial charge in [-0.05, 0) is 26.7 Å². The van der Waals surface area contributed by atoms with Gasteiger partial charge in [0.25, 0.3) is 0 Å². The first kappa shape index (κ1) is 10.1. The molecule has 1 aromatic rings. The molecule has 0 amide bonds. The SMILES string of the molecule is CC(C)(O)c1cnc(C2CCCO2)s1. The van der Waals surface area contributed by atoms with Crippen LogP contribution in [-0.4, -0.2) is 16.7 Å². The number of nitrogens with zero attached hydrogens (tertiary/aromatic N) is 1. The minimum atomic E-state index is -0.783. The molecule has 78 valence electrons. The van der Waals surface area contributed by atoms with E-state index in [1.165, 1.54) is 0 Å². The molecule has 1 fully saturated rings. The molecule has 0 bridgehead atoms. The highest BCUT2D eigenvalue weighted by molar-refractivity contribution is 7.11. The molecule has 3 nitrogen and oxygen atoms in total. The normalized spacial score (nSPS) is 22.9. The summed E-state index contributed by atoms with van der Waals surface area (Å²) in [6.07, 6.45) is 4.08. The molecule has 0 spiro atoms. The highest BCUT2D eigenvalue weighted by Gasteiger charge is 2.25. The molecule has 1 aliphatic heterocycles. The minimum absolute atomic E-state index is 0.163. The first-order chi connectivity index (χ1) is 6.57. The van der Waals surface area contributed by atoms with Crippen LogP contribution >= 0.6 is 11.3 Å². The molecule has 1 aromatic heterocycles. The minimum Gasteiger partial charge on any atom is -0.385 e. The molecule has 0 aromatic carbocycles. The fourth-order valence-corrected chi connectivity index (χ4v) is 2.49. The van der Waals surface area contributed by atoms with Crippen LogP contribution in [0.5, 0.6) is 0 Å². The number of thiazole rings is 1. The first-order valence-corrected chi connectivity index (χ1v) is 5.69. The van der Waals surface area contributed by atoms with Crippen LogP contribution in [0.4, 0.5) is 0 Å². The van der Waals surface area contributed by atoms with Crippen LogP contribution < -0.4 is 0 Å². The van der Waals surface area contributed by atoms with Gasteiger partial charge in [0.15, 0.2) is 0 Å². The van der Waals surface area contributed by atoms with Gasteiger partial charge >= 0.3 is 0 Å². The Kier molecular flexibility index (Phi) is 2.60. The largest absolute Gasteiger partial charge is 0.385 e. The monoisotopic (exact) mass is 213 g/mol. The van der Waals surface area contributed by atoms with Crippen LogP contribution in [0.15, 0.2) is 6.20 Å². The molecule has 14 heavy (non-hydrogen) atoms. The molecule has 1 N–H and O–H groups in total. The number of aliphatic hydroxyl groups is 1. The zero-order chi connectivity index (χ0) is 10.2. The van der Waals surface area contributed by atoms with Crippen molar-refractivity contribution in [1.82, 2.24) is 4.98 Å². The van der Waals surface area contributed by atoms with Gasteiger partial charge in [-0.2, -0.15) is 0 Å². The lowest BCUT2D eigenvalue weighted by Crippen LogP contribution is -2.12. The summed E-state index contributed by atoms with van der Waals surface area (Å²) in [4.78, 5) is 5.20. The number of aromatic nitrogens is 1. The maximum absolute atomic E-state index is 9.77. The van der Waals surface area contributed by atoms with Crippen LogP contribution in [0.25, 0.3) is 0 Å². The summed E-state index contributed by atoms with van der Waals surface area (Å²) in [5.41, 5.74) is -0.783. The van der Waals surface area contributed by atoms with Crippen molar-refractivity contribution in [3.8, 4) is 0 Å². The molecular formula is C10H15NO2S. The van der Waals surface area contributed by atoms with E-state index < -0.39 is 5.60 Å². The Hall–Kier alpha value is -0.450. The Balaban J connectivity index is 2.17. The summed E-state index contributed by atoms with van der Waals surface area (Å²) in [5, 5.41) is 10.8. The molecule has 1 saturated heterocycles. The van der Waals surface area contributed by atoms with Gasteiger partial charge in [0.05, 0.1) is 10.5 Å². The molecule has 2 rings (SSSR count). The molecule has 0 saturated carbocycles. The van der Waals surface area contributed by atoms with Gasteiger partial charge in [-0.3, -0.25) is 0 Å². The number of hydrogen-bond donors (Lipinski definition) is 1. The Morgan fingerprint density at radius 3 is 2.93 bits per heavy atom. The Morgan fingerprint density at radius 2 is 2.43 bits per heavy atom. The smallest absolute Gasteiger partial charge is 0.122 e. The van der Waals surface area contributed by atoms with Crippen molar-refractivity contribution < 1.29 is 9.84 Å². The topological polar surface area (TPSA) is 42.4 Å². The van der Waals surface area contributed by atoms with Crippen molar-refractivity contribution in [2.45, 2.75) is 38.4 Å². The third kappa shape index (κ3) is 1.97. The summed E-state index contributed by atoms with van der Waals surface area (Å²) >= 11 is 1.55. The molecule has 2 heterocycles. The highest BCUT2D eigenvalue weighted by Crippen LogP contribution is 2.34. The predicted molar refractivity (Wildman–Crippen MR) is 55.3 cm³/mol. The molecule has 1 unspecified atom stereocenters. The van der Waals surface area contributed by atoms with E-state index in [-0.39, 0.29) is 6.10 Å². The quantitative estimate of drug-likeness (QED) is 0.819. The average Bonchev–Trinajstić information content (AvgIpc) is 2.73. The van der Waals surface area contributed by atoms with Crippen LogP contribution in [-0.2, 0) is 10.3 Å². The van der Waals surface area contributed by atoms with Crippen molar-refractivity contribution in [3.63, 3.8) is 0 Å². The molecule has 4 heteroatoms. The molecule has 0 aliphatic carbocycles. The third-order valence-corrected chi connectivity index (χ3v) is 3.73. The Morgan fingerprint density at radius 1 is 1.64 bits per heavy atom. The van der Waals surface area contributed by atoms with Gasteiger partial charge in [-0.15, -0.1) is 11.3 Å². The van der Waals surface area contributed by atoms with Gasteiger partial charge < -0.3 is 9.84 Å². The van der Waals surface area contributed by atoms with E-state index in [0.717, 1.165) is 29.3 Å². The van der Waals surface area contributed by atoms with Gasteiger partial charge in [0.2, 0.25) is 0 Å². The van der Waals surface area contributed by atoms with E-state index in [0.29, 0.717) is 0 Å². The van der Waals surface area contributed by atoms with Crippen LogP contribution in [0, 0.1) is 0 Å². The maximum Gasteiger partial charge on any atom is 0.122 e. The van der Waals surface area contributed by atoms with Gasteiger partial charge in [0, 0.05) is 12.8 Å². The molecule has 0 radical (unpaired) electrons. The van der Waals surface area contributed by atoms with E-state index in [1.807, 2.05) is 0 Å². The van der Waals surface area contributed by atoms with Crippen LogP contribution in [0.3, 0.4) is 0 Å². The Labute approximate surface area is 87.7 Å². The standard InChI is InChI=1S/C10H15NO2S/c1-10(2,12)8-6-11-9(14-8)7-4-3-5-13-7/h6-7,12H,3-5H2,1-2H3. The number of ether oxygens (including phenoxy) is 1. The van der Waals surface area contributed by atoms with E-state index >= 15 is 0 Å². The zero-order valence-electron chi connectivity index (χ0n) is 8.49. The summed E-state index contributed by atoms with van der Waals surface area (Å²) in [5.74, 6) is 0. The summed E-state index contributed by atoms with van der Waals surface area (Å²) in [6.45, 7) is 4.39. The zero-order valence-corrected chi connectivity index (χ0v) is 9.30.